The van der Waals surface area contributed by atoms with Gasteiger partial charge in [-0.2, -0.15) is 0 Å². The van der Waals surface area contributed by atoms with E-state index in [0.29, 0.717) is 26.2 Å². The molecule has 0 aliphatic carbocycles. The highest BCUT2D eigenvalue weighted by Crippen LogP contribution is 2.02. The summed E-state index contributed by atoms with van der Waals surface area (Å²) in [5.41, 5.74) is 0. The first-order valence-electron chi connectivity index (χ1n) is 5.30. The van der Waals surface area contributed by atoms with E-state index in [0.717, 1.165) is 6.41 Å². The van der Waals surface area contributed by atoms with Crippen molar-refractivity contribution in [3.63, 3.8) is 0 Å². The summed E-state index contributed by atoms with van der Waals surface area (Å²) < 4.78 is 4.69. The molecule has 1 aliphatic heterocycles. The Labute approximate surface area is 94.1 Å². The van der Waals surface area contributed by atoms with Crippen LogP contribution in [0.2, 0.25) is 0 Å². The van der Waals surface area contributed by atoms with Gasteiger partial charge in [0.15, 0.2) is 0 Å². The monoisotopic (exact) mass is 228 g/mol. The van der Waals surface area contributed by atoms with Gasteiger partial charge in [-0.05, 0) is 6.92 Å². The molecule has 2 amide bonds. The number of ether oxygens (including phenoxy) is 1. The zero-order valence-electron chi connectivity index (χ0n) is 9.35. The third-order valence-corrected chi connectivity index (χ3v) is 2.42. The third kappa shape index (κ3) is 3.52. The molecule has 1 saturated heterocycles. The second-order valence-electron chi connectivity index (χ2n) is 3.50. The van der Waals surface area contributed by atoms with Gasteiger partial charge in [-0.15, -0.1) is 0 Å². The Kier molecular flexibility index (Phi) is 4.75. The van der Waals surface area contributed by atoms with Crippen LogP contribution in [0.15, 0.2) is 0 Å². The average Bonchev–Trinajstić information content (AvgIpc) is 2.29. The van der Waals surface area contributed by atoms with Crippen LogP contribution in [0.1, 0.15) is 13.3 Å². The number of piperazine rings is 1. The second kappa shape index (κ2) is 6.09. The van der Waals surface area contributed by atoms with Crippen LogP contribution in [0.3, 0.4) is 0 Å². The summed E-state index contributed by atoms with van der Waals surface area (Å²) in [5, 5.41) is 0. The molecule has 0 spiro atoms. The number of carbonyl (C=O) groups excluding carboxylic acids is 3. The van der Waals surface area contributed by atoms with Crippen LogP contribution in [0, 0.1) is 0 Å². The molecule has 0 atom stereocenters. The molecule has 6 heteroatoms. The predicted molar refractivity (Wildman–Crippen MR) is 55.5 cm³/mol. The summed E-state index contributed by atoms with van der Waals surface area (Å²) in [6.45, 7) is 4.00. The summed E-state index contributed by atoms with van der Waals surface area (Å²) in [7, 11) is 0. The Morgan fingerprint density at radius 2 is 1.88 bits per heavy atom. The minimum Gasteiger partial charge on any atom is -0.466 e. The lowest BCUT2D eigenvalue weighted by Gasteiger charge is -2.32. The molecular weight excluding hydrogens is 212 g/mol. The SMILES string of the molecule is CCOC(=O)CC(=O)N1CCN(C=O)CC1. The molecule has 90 valence electrons. The van der Waals surface area contributed by atoms with Gasteiger partial charge in [0.25, 0.3) is 0 Å². The maximum absolute atomic E-state index is 11.6. The van der Waals surface area contributed by atoms with E-state index in [1.54, 1.807) is 16.7 Å². The molecule has 0 bridgehead atoms. The van der Waals surface area contributed by atoms with E-state index in [-0.39, 0.29) is 18.9 Å². The number of nitrogens with zero attached hydrogens (tertiary/aromatic N) is 2. The number of esters is 1. The van der Waals surface area contributed by atoms with Crippen molar-refractivity contribution in [3.8, 4) is 0 Å². The van der Waals surface area contributed by atoms with Gasteiger partial charge in [0.1, 0.15) is 6.42 Å². The zero-order chi connectivity index (χ0) is 12.0. The fourth-order valence-corrected chi connectivity index (χ4v) is 1.52. The lowest BCUT2D eigenvalue weighted by Crippen LogP contribution is -2.48. The summed E-state index contributed by atoms with van der Waals surface area (Å²) >= 11 is 0. The molecule has 0 aromatic heterocycles. The summed E-state index contributed by atoms with van der Waals surface area (Å²) in [4.78, 5) is 36.3. The summed E-state index contributed by atoms with van der Waals surface area (Å²) in [6, 6.07) is 0. The van der Waals surface area contributed by atoms with Gasteiger partial charge >= 0.3 is 5.97 Å². The molecule has 6 nitrogen and oxygen atoms in total. The predicted octanol–water partition coefficient (Wildman–Crippen LogP) is -0.760. The van der Waals surface area contributed by atoms with Gasteiger partial charge in [0, 0.05) is 26.2 Å². The standard InChI is InChI=1S/C10H16N2O4/c1-2-16-10(15)7-9(14)12-5-3-11(8-13)4-6-12/h8H,2-7H2,1H3. The number of amides is 2. The topological polar surface area (TPSA) is 66.9 Å². The van der Waals surface area contributed by atoms with Gasteiger partial charge in [0.2, 0.25) is 12.3 Å². The molecule has 1 rings (SSSR count). The van der Waals surface area contributed by atoms with Crippen molar-refractivity contribution in [3.05, 3.63) is 0 Å². The van der Waals surface area contributed by atoms with Crippen molar-refractivity contribution in [2.24, 2.45) is 0 Å². The van der Waals surface area contributed by atoms with Gasteiger partial charge in [-0.25, -0.2) is 0 Å². The van der Waals surface area contributed by atoms with Crippen LogP contribution in [0.4, 0.5) is 0 Å². The Morgan fingerprint density at radius 1 is 1.25 bits per heavy atom. The molecule has 1 fully saturated rings. The van der Waals surface area contributed by atoms with Crippen LogP contribution in [-0.4, -0.2) is 60.9 Å². The normalized spacial score (nSPS) is 15.8. The lowest BCUT2D eigenvalue weighted by molar-refractivity contribution is -0.149. The fourth-order valence-electron chi connectivity index (χ4n) is 1.52. The Hall–Kier alpha value is -1.59. The van der Waals surface area contributed by atoms with E-state index in [2.05, 4.69) is 0 Å². The Morgan fingerprint density at radius 3 is 2.38 bits per heavy atom. The summed E-state index contributed by atoms with van der Waals surface area (Å²) in [5.74, 6) is -0.727. The quantitative estimate of drug-likeness (QED) is 0.360. The molecule has 1 heterocycles. The molecule has 0 unspecified atom stereocenters. The number of hydrogen-bond donors (Lipinski definition) is 0. The van der Waals surface area contributed by atoms with E-state index >= 15 is 0 Å². The van der Waals surface area contributed by atoms with Gasteiger partial charge < -0.3 is 14.5 Å². The molecule has 16 heavy (non-hydrogen) atoms. The number of carbonyl (C=O) groups is 3. The Balaban J connectivity index is 2.33. The van der Waals surface area contributed by atoms with E-state index in [1.165, 1.54) is 0 Å². The zero-order valence-corrected chi connectivity index (χ0v) is 9.35. The highest BCUT2D eigenvalue weighted by atomic mass is 16.5. The molecular formula is C10H16N2O4. The number of rotatable bonds is 4. The molecule has 0 saturated carbocycles. The summed E-state index contributed by atoms with van der Waals surface area (Å²) in [6.07, 6.45) is 0.558. The highest BCUT2D eigenvalue weighted by Gasteiger charge is 2.22. The van der Waals surface area contributed by atoms with Crippen LogP contribution in [0.5, 0.6) is 0 Å². The van der Waals surface area contributed by atoms with Crippen molar-refractivity contribution in [1.29, 1.82) is 0 Å². The van der Waals surface area contributed by atoms with Crippen LogP contribution < -0.4 is 0 Å². The largest absolute Gasteiger partial charge is 0.466 e. The average molecular weight is 228 g/mol. The molecule has 0 N–H and O–H groups in total. The first-order chi connectivity index (χ1) is 7.67. The third-order valence-electron chi connectivity index (χ3n) is 2.42. The molecule has 0 aromatic rings. The van der Waals surface area contributed by atoms with Gasteiger partial charge in [0.05, 0.1) is 6.61 Å². The van der Waals surface area contributed by atoms with Crippen LogP contribution >= 0.6 is 0 Å². The van der Waals surface area contributed by atoms with E-state index in [9.17, 15) is 14.4 Å². The van der Waals surface area contributed by atoms with Crippen molar-refractivity contribution in [2.45, 2.75) is 13.3 Å². The second-order valence-corrected chi connectivity index (χ2v) is 3.50. The van der Waals surface area contributed by atoms with Gasteiger partial charge in [-0.3, -0.25) is 14.4 Å². The van der Waals surface area contributed by atoms with Crippen molar-refractivity contribution in [1.82, 2.24) is 9.80 Å². The van der Waals surface area contributed by atoms with E-state index in [4.69, 9.17) is 4.74 Å². The smallest absolute Gasteiger partial charge is 0.315 e. The fraction of sp³-hybridized carbons (Fsp3) is 0.700. The van der Waals surface area contributed by atoms with E-state index in [1.807, 2.05) is 0 Å². The molecule has 0 aromatic carbocycles. The van der Waals surface area contributed by atoms with Crippen LogP contribution in [0.25, 0.3) is 0 Å². The highest BCUT2D eigenvalue weighted by molar-refractivity contribution is 5.94. The maximum atomic E-state index is 11.6. The minimum atomic E-state index is -0.495. The first-order valence-corrected chi connectivity index (χ1v) is 5.30. The molecule has 0 radical (unpaired) electrons. The van der Waals surface area contributed by atoms with Gasteiger partial charge in [-0.1, -0.05) is 0 Å². The van der Waals surface area contributed by atoms with Crippen molar-refractivity contribution in [2.75, 3.05) is 32.8 Å². The van der Waals surface area contributed by atoms with Crippen molar-refractivity contribution >= 4 is 18.3 Å². The number of hydrogen-bond acceptors (Lipinski definition) is 4. The first kappa shape index (κ1) is 12.5. The molecule has 1 aliphatic rings. The lowest BCUT2D eigenvalue weighted by atomic mass is 10.3. The minimum absolute atomic E-state index is 0.213. The van der Waals surface area contributed by atoms with E-state index < -0.39 is 5.97 Å². The van der Waals surface area contributed by atoms with Crippen LogP contribution in [-0.2, 0) is 19.1 Å². The maximum Gasteiger partial charge on any atom is 0.315 e. The van der Waals surface area contributed by atoms with Crippen molar-refractivity contribution < 1.29 is 19.1 Å². The Bertz CT molecular complexity index is 272.